The van der Waals surface area contributed by atoms with Crippen LogP contribution in [0.3, 0.4) is 0 Å². The molecule has 2 heterocycles. The smallest absolute Gasteiger partial charge is 0.263 e. The maximum atomic E-state index is 13.0. The first-order chi connectivity index (χ1) is 14.2. The fourth-order valence-corrected chi connectivity index (χ4v) is 7.48. The van der Waals surface area contributed by atoms with Crippen molar-refractivity contribution < 1.29 is 37.8 Å². The van der Waals surface area contributed by atoms with Gasteiger partial charge in [0.15, 0.2) is 0 Å². The van der Waals surface area contributed by atoms with E-state index in [1.807, 2.05) is 6.92 Å². The fraction of sp³-hybridized carbons (Fsp3) is 0.667. The van der Waals surface area contributed by atoms with Gasteiger partial charge in [-0.3, -0.25) is 20.0 Å². The Morgan fingerprint density at radius 3 is 2.83 bits per heavy atom. The van der Waals surface area contributed by atoms with Gasteiger partial charge in [0.05, 0.1) is 18.4 Å². The molecule has 12 nitrogen and oxygen atoms in total. The number of amides is 1. The summed E-state index contributed by atoms with van der Waals surface area (Å²) >= 11 is -1.11. The predicted molar refractivity (Wildman–Crippen MR) is 107 cm³/mol. The van der Waals surface area contributed by atoms with Crippen molar-refractivity contribution >= 4 is 38.6 Å². The predicted octanol–water partition coefficient (Wildman–Crippen LogP) is -0.0196. The molecule has 0 fully saturated rings. The molecule has 30 heavy (non-hydrogen) atoms. The number of fused-ring (bicyclic) bond motifs is 1. The summed E-state index contributed by atoms with van der Waals surface area (Å²) in [4.78, 5) is 16.1. The van der Waals surface area contributed by atoms with Gasteiger partial charge in [0.1, 0.15) is 15.6 Å². The number of methoxy groups -OCH3 is 1. The minimum atomic E-state index is -3.75. The summed E-state index contributed by atoms with van der Waals surface area (Å²) < 4.78 is 47.5. The first-order valence-corrected chi connectivity index (χ1v) is 12.5. The van der Waals surface area contributed by atoms with Crippen molar-refractivity contribution in [2.45, 2.75) is 34.2 Å². The lowest BCUT2D eigenvalue weighted by Gasteiger charge is -2.32. The van der Waals surface area contributed by atoms with Crippen molar-refractivity contribution in [2.75, 3.05) is 40.0 Å². The van der Waals surface area contributed by atoms with E-state index in [2.05, 4.69) is 14.9 Å². The third-order valence-corrected chi connectivity index (χ3v) is 9.11. The lowest BCUT2D eigenvalue weighted by molar-refractivity contribution is -0.491. The van der Waals surface area contributed by atoms with Crippen LogP contribution in [0.4, 0.5) is 0 Å². The second-order valence-electron chi connectivity index (χ2n) is 6.26. The van der Waals surface area contributed by atoms with Crippen molar-refractivity contribution in [1.29, 1.82) is 0 Å². The Morgan fingerprint density at radius 2 is 2.20 bits per heavy atom. The molecule has 1 aromatic rings. The summed E-state index contributed by atoms with van der Waals surface area (Å²) in [6.07, 6.45) is 0.269. The summed E-state index contributed by atoms with van der Waals surface area (Å²) in [5, 5.41) is 19.6. The Labute approximate surface area is 182 Å². The van der Waals surface area contributed by atoms with E-state index >= 15 is 0 Å². The van der Waals surface area contributed by atoms with Crippen LogP contribution < -0.4 is 10.0 Å². The van der Waals surface area contributed by atoms with Gasteiger partial charge in [-0.25, -0.2) is 8.42 Å². The molecule has 0 aliphatic carbocycles. The standard InChI is InChI=1S/C15H26N4O8S3/c1-3-16-12-10-18(6-4-7-26-2)30(24,25)15-11(12)9-14(28-15)29(23)17-13(20)5-8-27-19(21)22/h9,12,16,21-22H,3-8,10H2,1-2H3,(H,17,20)/t12-,29?/m0/s1. The SMILES string of the molecule is CCN[C@H]1CN(CCCOC)S(=O)(=O)c2sc([S+]([O-])NC(=O)CCON(O)O)cc21. The summed E-state index contributed by atoms with van der Waals surface area (Å²) in [5.41, 5.74) is 0.530. The Hall–Kier alpha value is -0.850. The number of rotatable bonds is 12. The quantitative estimate of drug-likeness (QED) is 0.179. The van der Waals surface area contributed by atoms with E-state index in [0.717, 1.165) is 11.3 Å². The molecule has 0 saturated carbocycles. The molecule has 172 valence electrons. The number of ether oxygens (including phenoxy) is 1. The average molecular weight is 487 g/mol. The van der Waals surface area contributed by atoms with Crippen LogP contribution in [0.15, 0.2) is 14.5 Å². The minimum Gasteiger partial charge on any atom is -0.587 e. The first kappa shape index (κ1) is 25.4. The van der Waals surface area contributed by atoms with E-state index in [4.69, 9.17) is 15.2 Å². The van der Waals surface area contributed by atoms with Crippen LogP contribution in [0.1, 0.15) is 31.4 Å². The molecule has 0 bridgehead atoms. The number of nitrogens with one attached hydrogen (secondary N) is 2. The van der Waals surface area contributed by atoms with Crippen LogP contribution in [0, 0.1) is 0 Å². The lowest BCUT2D eigenvalue weighted by Crippen LogP contribution is -2.43. The zero-order chi connectivity index (χ0) is 22.3. The number of sulfonamides is 1. The lowest BCUT2D eigenvalue weighted by atomic mass is 10.1. The van der Waals surface area contributed by atoms with E-state index in [-0.39, 0.29) is 34.0 Å². The summed E-state index contributed by atoms with van der Waals surface area (Å²) in [6.45, 7) is 3.17. The van der Waals surface area contributed by atoms with Crippen molar-refractivity contribution in [3.8, 4) is 0 Å². The van der Waals surface area contributed by atoms with Crippen molar-refractivity contribution in [3.63, 3.8) is 0 Å². The van der Waals surface area contributed by atoms with Gasteiger partial charge in [-0.1, -0.05) is 18.3 Å². The third-order valence-electron chi connectivity index (χ3n) is 4.17. The van der Waals surface area contributed by atoms with Crippen LogP contribution in [0.5, 0.6) is 0 Å². The number of hydrogen-bond acceptors (Lipinski definition) is 11. The van der Waals surface area contributed by atoms with Crippen LogP contribution in [-0.4, -0.2) is 78.9 Å². The zero-order valence-corrected chi connectivity index (χ0v) is 19.0. The highest BCUT2D eigenvalue weighted by atomic mass is 32.3. The van der Waals surface area contributed by atoms with Crippen LogP contribution in [0.25, 0.3) is 0 Å². The van der Waals surface area contributed by atoms with Gasteiger partial charge in [-0.05, 0) is 13.0 Å². The summed E-state index contributed by atoms with van der Waals surface area (Å²) in [6, 6.07) is 1.27. The van der Waals surface area contributed by atoms with E-state index in [0.29, 0.717) is 31.7 Å². The Morgan fingerprint density at radius 1 is 1.47 bits per heavy atom. The van der Waals surface area contributed by atoms with Gasteiger partial charge in [0.25, 0.3) is 15.9 Å². The molecule has 0 spiro atoms. The highest BCUT2D eigenvalue weighted by Crippen LogP contribution is 2.40. The summed E-state index contributed by atoms with van der Waals surface area (Å²) in [7, 11) is -2.20. The van der Waals surface area contributed by atoms with Gasteiger partial charge in [-0.2, -0.15) is 9.03 Å². The third kappa shape index (κ3) is 6.57. The van der Waals surface area contributed by atoms with Crippen molar-refractivity contribution in [2.24, 2.45) is 0 Å². The largest absolute Gasteiger partial charge is 0.587 e. The first-order valence-electron chi connectivity index (χ1n) is 9.09. The van der Waals surface area contributed by atoms with Gasteiger partial charge < -0.3 is 14.6 Å². The second kappa shape index (κ2) is 11.7. The minimum absolute atomic E-state index is 0.106. The van der Waals surface area contributed by atoms with E-state index < -0.39 is 32.7 Å². The van der Waals surface area contributed by atoms with Crippen LogP contribution >= 0.6 is 11.3 Å². The van der Waals surface area contributed by atoms with Crippen molar-refractivity contribution in [1.82, 2.24) is 19.7 Å². The molecule has 1 unspecified atom stereocenters. The average Bonchev–Trinajstić information content (AvgIpc) is 3.12. The molecule has 0 aromatic carbocycles. The number of likely N-dealkylation sites (N-methyl/N-ethyl adjacent to an activating group) is 1. The normalized spacial score (nSPS) is 19.6. The van der Waals surface area contributed by atoms with Crippen molar-refractivity contribution in [3.05, 3.63) is 11.6 Å². The number of nitrogens with zero attached hydrogens (tertiary/aromatic N) is 2. The molecule has 0 radical (unpaired) electrons. The number of carbonyl (C=O) groups excluding carboxylic acids is 1. The Balaban J connectivity index is 2.17. The molecule has 4 N–H and O–H groups in total. The van der Waals surface area contributed by atoms with Gasteiger partial charge in [0.2, 0.25) is 4.21 Å². The topological polar surface area (TPSA) is 164 Å². The molecule has 2 atom stereocenters. The van der Waals surface area contributed by atoms with E-state index in [1.165, 1.54) is 10.4 Å². The molecule has 2 rings (SSSR count). The molecule has 1 aliphatic rings. The molecular weight excluding hydrogens is 460 g/mol. The van der Waals surface area contributed by atoms with E-state index in [9.17, 15) is 17.8 Å². The fourth-order valence-electron chi connectivity index (χ4n) is 2.86. The zero-order valence-electron chi connectivity index (χ0n) is 16.6. The highest BCUT2D eigenvalue weighted by molar-refractivity contribution is 7.94. The van der Waals surface area contributed by atoms with Crippen LogP contribution in [0.2, 0.25) is 0 Å². The highest BCUT2D eigenvalue weighted by Gasteiger charge is 2.40. The number of thiophene rings is 1. The molecule has 1 aliphatic heterocycles. The molecule has 1 amide bonds. The number of carbonyl (C=O) groups is 1. The van der Waals surface area contributed by atoms with E-state index in [1.54, 1.807) is 7.11 Å². The summed E-state index contributed by atoms with van der Waals surface area (Å²) in [5.74, 6) is -0.658. The molecule has 0 saturated heterocycles. The van der Waals surface area contributed by atoms with Gasteiger partial charge in [0, 0.05) is 44.5 Å². The van der Waals surface area contributed by atoms with Crippen LogP contribution in [-0.2, 0) is 35.8 Å². The maximum Gasteiger partial charge on any atom is 0.263 e. The molecular formula is C15H26N4O8S3. The van der Waals surface area contributed by atoms with Gasteiger partial charge in [-0.15, -0.1) is 0 Å². The number of hydrogen-bond donors (Lipinski definition) is 4. The molecule has 15 heteroatoms. The monoisotopic (exact) mass is 486 g/mol. The van der Waals surface area contributed by atoms with Gasteiger partial charge >= 0.3 is 0 Å². The Bertz CT molecular complexity index is 804. The Kier molecular flexibility index (Phi) is 9.89. The maximum absolute atomic E-state index is 13.0. The molecule has 1 aromatic heterocycles. The second-order valence-corrected chi connectivity index (χ2v) is 10.9.